The Kier molecular flexibility index (Phi) is 9.97. The Bertz CT molecular complexity index is 1620. The summed E-state index contributed by atoms with van der Waals surface area (Å²) in [6.07, 6.45) is 0.166. The van der Waals surface area contributed by atoms with Crippen LogP contribution in [0.1, 0.15) is 49.6 Å². The van der Waals surface area contributed by atoms with Crippen molar-refractivity contribution in [2.75, 3.05) is 12.0 Å². The summed E-state index contributed by atoms with van der Waals surface area (Å²) in [7, 11) is -1.64. The Balaban J connectivity index is 1.39. The van der Waals surface area contributed by atoms with E-state index in [9.17, 15) is 23.4 Å². The third-order valence-electron chi connectivity index (χ3n) is 7.31. The SMILES string of the molecule is CSC1=C(C(=O)OC(c2ccccc2)c2ccccc2)N2C(=O)[C@@H](NC(=O)[C@H](NC(=O)OC(C)(C)C)c3ccccc3)[C@H]2S(=O)C1. The Morgan fingerprint density at radius 3 is 1.91 bits per heavy atom. The highest BCUT2D eigenvalue weighted by molar-refractivity contribution is 8.03. The minimum absolute atomic E-state index is 0.00598. The molecule has 3 aromatic rings. The van der Waals surface area contributed by atoms with E-state index in [4.69, 9.17) is 9.47 Å². The molecule has 1 unspecified atom stereocenters. The van der Waals surface area contributed by atoms with E-state index in [1.54, 1.807) is 57.4 Å². The number of hydrogen-bond acceptors (Lipinski definition) is 8. The lowest BCUT2D eigenvalue weighted by molar-refractivity contribution is -0.155. The molecule has 3 aromatic carbocycles. The maximum absolute atomic E-state index is 13.9. The molecule has 2 N–H and O–H groups in total. The van der Waals surface area contributed by atoms with Gasteiger partial charge in [0, 0.05) is 4.91 Å². The number of rotatable bonds is 9. The molecule has 2 aliphatic heterocycles. The molecule has 5 rings (SSSR count). The maximum atomic E-state index is 13.9. The summed E-state index contributed by atoms with van der Waals surface area (Å²) in [6.45, 7) is 5.10. The van der Waals surface area contributed by atoms with Crippen LogP contribution >= 0.6 is 11.8 Å². The average Bonchev–Trinajstić information content (AvgIpc) is 3.04. The van der Waals surface area contributed by atoms with Gasteiger partial charge in [0.1, 0.15) is 28.8 Å². The van der Waals surface area contributed by atoms with Gasteiger partial charge in [-0.2, -0.15) is 0 Å². The predicted octanol–water partition coefficient (Wildman–Crippen LogP) is 4.58. The highest BCUT2D eigenvalue weighted by atomic mass is 32.2. The minimum atomic E-state index is -1.64. The monoisotopic (exact) mass is 661 g/mol. The van der Waals surface area contributed by atoms with Crippen molar-refractivity contribution in [2.45, 2.75) is 49.9 Å². The number of carbonyl (C=O) groups is 4. The van der Waals surface area contributed by atoms with Crippen LogP contribution in [0.15, 0.2) is 102 Å². The van der Waals surface area contributed by atoms with Gasteiger partial charge in [-0.25, -0.2) is 9.59 Å². The minimum Gasteiger partial charge on any atom is -0.448 e. The Morgan fingerprint density at radius 1 is 0.891 bits per heavy atom. The molecule has 2 heterocycles. The van der Waals surface area contributed by atoms with E-state index in [0.717, 1.165) is 11.1 Å². The molecule has 46 heavy (non-hydrogen) atoms. The fourth-order valence-electron chi connectivity index (χ4n) is 5.24. The Hall–Kier alpha value is -4.42. The molecule has 2 aliphatic rings. The van der Waals surface area contributed by atoms with Crippen LogP contribution in [-0.2, 0) is 34.7 Å². The van der Waals surface area contributed by atoms with E-state index in [0.29, 0.717) is 10.5 Å². The molecule has 0 aromatic heterocycles. The number of hydrogen-bond donors (Lipinski definition) is 2. The van der Waals surface area contributed by atoms with E-state index in [1.165, 1.54) is 16.7 Å². The molecule has 10 nitrogen and oxygen atoms in total. The lowest BCUT2D eigenvalue weighted by Gasteiger charge is -2.49. The van der Waals surface area contributed by atoms with E-state index in [-0.39, 0.29) is 11.4 Å². The average molecular weight is 662 g/mol. The summed E-state index contributed by atoms with van der Waals surface area (Å²) in [6, 6.07) is 24.6. The number of thioether (sulfide) groups is 1. The molecule has 1 saturated heterocycles. The fourth-order valence-corrected chi connectivity index (χ4v) is 7.94. The number of ether oxygens (including phenoxy) is 2. The molecular formula is C34H35N3O7S2. The third kappa shape index (κ3) is 7.18. The first-order valence-corrected chi connectivity index (χ1v) is 17.2. The number of amides is 3. The number of nitrogens with one attached hydrogen (secondary N) is 2. The number of benzene rings is 3. The first-order valence-electron chi connectivity index (χ1n) is 14.6. The van der Waals surface area contributed by atoms with Gasteiger partial charge in [0.05, 0.1) is 16.6 Å². The summed E-state index contributed by atoms with van der Waals surface area (Å²) in [5, 5.41) is 4.25. The predicted molar refractivity (Wildman–Crippen MR) is 175 cm³/mol. The molecule has 240 valence electrons. The summed E-state index contributed by atoms with van der Waals surface area (Å²) >= 11 is 1.22. The normalized spacial score (nSPS) is 19.9. The first kappa shape index (κ1) is 33.0. The van der Waals surface area contributed by atoms with Crippen LogP contribution in [0.25, 0.3) is 0 Å². The summed E-state index contributed by atoms with van der Waals surface area (Å²) in [4.78, 5) is 55.4. The van der Waals surface area contributed by atoms with Crippen LogP contribution in [0.3, 0.4) is 0 Å². The zero-order valence-corrected chi connectivity index (χ0v) is 27.4. The standard InChI is InChI=1S/C34H35N3O7S2/c1-34(2,3)44-33(41)36-25(21-14-8-5-9-15-21)29(38)35-26-30(39)37-27(24(45-4)20-46(42)31(26)37)32(40)43-28(22-16-10-6-11-17-22)23-18-12-7-13-19-23/h5-19,25-26,28,31H,20H2,1-4H3,(H,35,38)(H,36,41)/t25-,26-,31-,46?/m1/s1. The van der Waals surface area contributed by atoms with Gasteiger partial charge in [0.2, 0.25) is 5.91 Å². The van der Waals surface area contributed by atoms with Gasteiger partial charge in [0.15, 0.2) is 6.10 Å². The van der Waals surface area contributed by atoms with Gasteiger partial charge < -0.3 is 20.1 Å². The van der Waals surface area contributed by atoms with Crippen LogP contribution in [0.5, 0.6) is 0 Å². The first-order chi connectivity index (χ1) is 22.0. The van der Waals surface area contributed by atoms with E-state index < -0.39 is 63.8 Å². The largest absolute Gasteiger partial charge is 0.448 e. The van der Waals surface area contributed by atoms with Gasteiger partial charge in [0.25, 0.3) is 5.91 Å². The van der Waals surface area contributed by atoms with Crippen molar-refractivity contribution in [2.24, 2.45) is 0 Å². The topological polar surface area (TPSA) is 131 Å². The molecule has 0 radical (unpaired) electrons. The summed E-state index contributed by atoms with van der Waals surface area (Å²) in [5.74, 6) is -2.03. The summed E-state index contributed by atoms with van der Waals surface area (Å²) in [5.41, 5.74) is 1.15. The second-order valence-electron chi connectivity index (χ2n) is 11.7. The van der Waals surface area contributed by atoms with Gasteiger partial charge in [-0.1, -0.05) is 91.0 Å². The lowest BCUT2D eigenvalue weighted by atomic mass is 10.0. The van der Waals surface area contributed by atoms with Gasteiger partial charge in [-0.05, 0) is 43.7 Å². The van der Waals surface area contributed by atoms with Crippen molar-refractivity contribution < 1.29 is 32.9 Å². The molecule has 0 spiro atoms. The molecular weight excluding hydrogens is 627 g/mol. The van der Waals surface area contributed by atoms with E-state index in [1.807, 2.05) is 60.7 Å². The second-order valence-corrected chi connectivity index (χ2v) is 14.1. The summed E-state index contributed by atoms with van der Waals surface area (Å²) < 4.78 is 24.9. The number of carbonyl (C=O) groups excluding carboxylic acids is 4. The second kappa shape index (κ2) is 13.9. The van der Waals surface area contributed by atoms with Crippen molar-refractivity contribution in [3.63, 3.8) is 0 Å². The Morgan fingerprint density at radius 2 is 1.41 bits per heavy atom. The lowest BCUT2D eigenvalue weighted by Crippen LogP contribution is -2.74. The van der Waals surface area contributed by atoms with E-state index in [2.05, 4.69) is 10.6 Å². The number of fused-ring (bicyclic) bond motifs is 1. The third-order valence-corrected chi connectivity index (χ3v) is 9.92. The quantitative estimate of drug-likeness (QED) is 0.252. The van der Waals surface area contributed by atoms with Gasteiger partial charge in [-0.15, -0.1) is 11.8 Å². The van der Waals surface area contributed by atoms with Crippen LogP contribution in [-0.4, -0.2) is 62.0 Å². The van der Waals surface area contributed by atoms with E-state index >= 15 is 0 Å². The zero-order valence-electron chi connectivity index (χ0n) is 25.8. The van der Waals surface area contributed by atoms with Gasteiger partial charge >= 0.3 is 12.1 Å². The van der Waals surface area contributed by atoms with Crippen LogP contribution in [0, 0.1) is 0 Å². The molecule has 0 aliphatic carbocycles. The van der Waals surface area contributed by atoms with Crippen molar-refractivity contribution in [1.82, 2.24) is 15.5 Å². The number of esters is 1. The molecule has 0 bridgehead atoms. The van der Waals surface area contributed by atoms with Crippen molar-refractivity contribution >= 4 is 46.4 Å². The van der Waals surface area contributed by atoms with Crippen molar-refractivity contribution in [1.29, 1.82) is 0 Å². The molecule has 12 heteroatoms. The molecule has 0 saturated carbocycles. The Labute approximate surface area is 274 Å². The molecule has 3 amide bonds. The number of β-lactam (4-membered cyclic amide) rings is 1. The fraction of sp³-hybridized carbons (Fsp3) is 0.294. The molecule has 4 atom stereocenters. The van der Waals surface area contributed by atoms with Crippen molar-refractivity contribution in [3.8, 4) is 0 Å². The highest BCUT2D eigenvalue weighted by Gasteiger charge is 2.58. The van der Waals surface area contributed by atoms with Crippen LogP contribution in [0.4, 0.5) is 4.79 Å². The van der Waals surface area contributed by atoms with Crippen LogP contribution in [0.2, 0.25) is 0 Å². The van der Waals surface area contributed by atoms with Gasteiger partial charge in [-0.3, -0.25) is 18.7 Å². The maximum Gasteiger partial charge on any atom is 0.408 e. The number of alkyl carbamates (subject to hydrolysis) is 1. The highest BCUT2D eigenvalue weighted by Crippen LogP contribution is 2.40. The number of nitrogens with zero attached hydrogens (tertiary/aromatic N) is 1. The zero-order chi connectivity index (χ0) is 33.0. The van der Waals surface area contributed by atoms with Crippen molar-refractivity contribution in [3.05, 3.63) is 118 Å². The molecule has 1 fully saturated rings. The van der Waals surface area contributed by atoms with Crippen LogP contribution < -0.4 is 10.6 Å². The smallest absolute Gasteiger partial charge is 0.408 e.